The molecule has 13 nitrogen and oxygen atoms in total. The third kappa shape index (κ3) is 15.3. The molecule has 1 atom stereocenters. The van der Waals surface area contributed by atoms with Crippen molar-refractivity contribution in [3.8, 4) is 11.5 Å². The number of rotatable bonds is 6. The highest BCUT2D eigenvalue weighted by atomic mass is 32.2. The first-order valence-corrected chi connectivity index (χ1v) is 17.6. The zero-order chi connectivity index (χ0) is 36.0. The largest absolute Gasteiger partial charge is 0.505 e. The van der Waals surface area contributed by atoms with E-state index in [-0.39, 0.29) is 17.2 Å². The Morgan fingerprint density at radius 1 is 0.826 bits per heavy atom. The van der Waals surface area contributed by atoms with Crippen LogP contribution in [0.4, 0.5) is 23.0 Å². The molecule has 0 saturated carbocycles. The molecule has 0 aliphatic rings. The number of fused-ring (bicyclic) bond motifs is 1. The van der Waals surface area contributed by atoms with Gasteiger partial charge in [0.1, 0.15) is 11.6 Å². The van der Waals surface area contributed by atoms with Crippen LogP contribution in [0.15, 0.2) is 64.8 Å². The van der Waals surface area contributed by atoms with Crippen molar-refractivity contribution in [3.63, 3.8) is 0 Å². The summed E-state index contributed by atoms with van der Waals surface area (Å²) in [6.45, 7) is 19.5. The van der Waals surface area contributed by atoms with E-state index < -0.39 is 21.5 Å². The van der Waals surface area contributed by atoms with Gasteiger partial charge in [-0.2, -0.15) is 27.7 Å². The Morgan fingerprint density at radius 2 is 1.33 bits per heavy atom. The van der Waals surface area contributed by atoms with Gasteiger partial charge in [-0.1, -0.05) is 85.7 Å². The van der Waals surface area contributed by atoms with Crippen LogP contribution in [-0.4, -0.2) is 55.1 Å². The molecule has 1 heterocycles. The number of benzene rings is 3. The number of nitrogens with zero attached hydrogens (tertiary/aromatic N) is 6. The summed E-state index contributed by atoms with van der Waals surface area (Å²) in [5.74, 6) is 1.17. The Morgan fingerprint density at radius 3 is 1.80 bits per heavy atom. The van der Waals surface area contributed by atoms with Crippen molar-refractivity contribution in [1.82, 2.24) is 15.0 Å². The number of hydrogen-bond donors (Lipinski definition) is 3. The molecule has 1 unspecified atom stereocenters. The monoisotopic (exact) mass is 680 g/mol. The zero-order valence-electron chi connectivity index (χ0n) is 28.7. The summed E-state index contributed by atoms with van der Waals surface area (Å²) < 4.78 is 51.5. The highest BCUT2D eigenvalue weighted by Crippen LogP contribution is 2.47. The van der Waals surface area contributed by atoms with Gasteiger partial charge in [0.25, 0.3) is 10.1 Å². The minimum atomic E-state index is -3.67. The van der Waals surface area contributed by atoms with Crippen LogP contribution in [0.25, 0.3) is 10.8 Å². The minimum Gasteiger partial charge on any atom is -0.505 e. The molecule has 4 aromatic rings. The van der Waals surface area contributed by atoms with Crippen molar-refractivity contribution in [2.75, 3.05) is 18.2 Å². The second kappa shape index (κ2) is 23.3. The van der Waals surface area contributed by atoms with Gasteiger partial charge in [0.05, 0.1) is 17.6 Å². The normalized spacial score (nSPS) is 10.6. The highest BCUT2D eigenvalue weighted by Gasteiger charge is 2.21. The van der Waals surface area contributed by atoms with E-state index in [1.165, 1.54) is 6.07 Å². The standard InChI is InChI=1S/C22H20N6O4S.4C2H6.CH4O3S/c1-13-23-14(2)25-22(24-13)28(3)17-11-7-8-15-12-18(32-33(30)31)20(21(29)19(15)17)27-26-16-9-5-4-6-10-16;4*1-2;1-5(2,3)4/h4-12,29H,1-3H3,(H,30,31);4*1-2H3;1H3,(H,2,3,4). The highest BCUT2D eigenvalue weighted by molar-refractivity contribution is 7.85. The third-order valence-corrected chi connectivity index (χ3v) is 5.07. The number of phenolic OH excluding ortho intramolecular Hbond substituents is 1. The summed E-state index contributed by atoms with van der Waals surface area (Å²) in [5, 5.41) is 20.4. The first kappa shape index (κ1) is 44.1. The van der Waals surface area contributed by atoms with Crippen LogP contribution in [0, 0.1) is 13.8 Å². The van der Waals surface area contributed by atoms with Crippen LogP contribution in [0.3, 0.4) is 0 Å². The number of hydrogen-bond acceptors (Lipinski definition) is 11. The molecule has 0 spiro atoms. The average molecular weight is 681 g/mol. The van der Waals surface area contributed by atoms with Gasteiger partial charge < -0.3 is 14.2 Å². The topological polar surface area (TPSA) is 188 Å². The van der Waals surface area contributed by atoms with Gasteiger partial charge in [0, 0.05) is 12.4 Å². The van der Waals surface area contributed by atoms with Gasteiger partial charge >= 0.3 is 11.4 Å². The van der Waals surface area contributed by atoms with Crippen molar-refractivity contribution in [2.45, 2.75) is 69.2 Å². The molecule has 0 saturated heterocycles. The summed E-state index contributed by atoms with van der Waals surface area (Å²) in [7, 11) is -1.90. The van der Waals surface area contributed by atoms with Gasteiger partial charge in [-0.15, -0.1) is 5.11 Å². The molecule has 0 aliphatic heterocycles. The average Bonchev–Trinajstić information content (AvgIpc) is 3.03. The molecule has 256 valence electrons. The third-order valence-electron chi connectivity index (χ3n) is 4.75. The molecular weight excluding hydrogens is 633 g/mol. The van der Waals surface area contributed by atoms with Gasteiger partial charge in [0.15, 0.2) is 17.2 Å². The summed E-state index contributed by atoms with van der Waals surface area (Å²) >= 11 is -2.63. The van der Waals surface area contributed by atoms with E-state index in [1.807, 2.05) is 61.5 Å². The number of phenols is 1. The Bertz CT molecular complexity index is 1590. The van der Waals surface area contributed by atoms with E-state index in [4.69, 9.17) is 8.74 Å². The van der Waals surface area contributed by atoms with E-state index in [0.717, 1.165) is 0 Å². The molecule has 3 aromatic carbocycles. The second-order valence-electron chi connectivity index (χ2n) is 7.81. The van der Waals surface area contributed by atoms with E-state index in [9.17, 15) is 22.3 Å². The fourth-order valence-electron chi connectivity index (χ4n) is 3.36. The van der Waals surface area contributed by atoms with Gasteiger partial charge in [-0.05, 0) is 43.5 Å². The van der Waals surface area contributed by atoms with Crippen molar-refractivity contribution in [1.29, 1.82) is 0 Å². The van der Waals surface area contributed by atoms with Gasteiger partial charge in [-0.25, -0.2) is 4.98 Å². The summed E-state index contributed by atoms with van der Waals surface area (Å²) in [6.07, 6.45) is 0.715. The molecule has 0 fully saturated rings. The molecule has 1 aromatic heterocycles. The number of aryl methyl sites for hydroxylation is 2. The summed E-state index contributed by atoms with van der Waals surface area (Å²) in [5.41, 5.74) is 1.04. The zero-order valence-corrected chi connectivity index (χ0v) is 30.3. The molecule has 0 amide bonds. The van der Waals surface area contributed by atoms with E-state index >= 15 is 0 Å². The van der Waals surface area contributed by atoms with Crippen molar-refractivity contribution in [2.24, 2.45) is 10.2 Å². The predicted molar refractivity (Wildman–Crippen MR) is 188 cm³/mol. The molecule has 0 aliphatic carbocycles. The molecule has 46 heavy (non-hydrogen) atoms. The maximum Gasteiger partial charge on any atom is 0.357 e. The van der Waals surface area contributed by atoms with Crippen LogP contribution in [-0.2, 0) is 21.5 Å². The van der Waals surface area contributed by atoms with Crippen LogP contribution in [0.1, 0.15) is 67.0 Å². The minimum absolute atomic E-state index is 0.0855. The molecule has 3 N–H and O–H groups in total. The van der Waals surface area contributed by atoms with Gasteiger partial charge in [0.2, 0.25) is 5.95 Å². The Labute approximate surface area is 276 Å². The fourth-order valence-corrected chi connectivity index (χ4v) is 3.64. The molecule has 4 rings (SSSR count). The lowest BCUT2D eigenvalue weighted by molar-refractivity contribution is 0.452. The Balaban J connectivity index is 0. The second-order valence-corrected chi connectivity index (χ2v) is 9.87. The number of azo groups is 1. The SMILES string of the molecule is CC.CC.CC.CC.CS(=O)(=O)O.Cc1nc(C)nc(N(C)c2cccc3cc(OS(=O)O)c(N=Nc4ccccc4)c(O)c23)n1. The summed E-state index contributed by atoms with van der Waals surface area (Å²) in [6, 6.07) is 15.7. The smallest absolute Gasteiger partial charge is 0.357 e. The van der Waals surface area contributed by atoms with E-state index in [1.54, 1.807) is 68.3 Å². The summed E-state index contributed by atoms with van der Waals surface area (Å²) in [4.78, 5) is 14.7. The number of aromatic hydroxyl groups is 1. The van der Waals surface area contributed by atoms with Crippen molar-refractivity contribution in [3.05, 3.63) is 66.2 Å². The predicted octanol–water partition coefficient (Wildman–Crippen LogP) is 8.65. The lowest BCUT2D eigenvalue weighted by Gasteiger charge is -2.21. The first-order valence-electron chi connectivity index (χ1n) is 14.7. The molecule has 0 bridgehead atoms. The van der Waals surface area contributed by atoms with Crippen molar-refractivity contribution >= 4 is 55.3 Å². The first-order chi connectivity index (χ1) is 21.8. The van der Waals surface area contributed by atoms with E-state index in [2.05, 4.69) is 25.2 Å². The Hall–Kier alpha value is -4.05. The maximum atomic E-state index is 11.4. The van der Waals surface area contributed by atoms with E-state index in [0.29, 0.717) is 46.0 Å². The lowest BCUT2D eigenvalue weighted by Crippen LogP contribution is -2.15. The number of anilines is 2. The quantitative estimate of drug-likeness (QED) is 0.100. The van der Waals surface area contributed by atoms with Crippen LogP contribution < -0.4 is 9.08 Å². The van der Waals surface area contributed by atoms with Crippen LogP contribution in [0.5, 0.6) is 11.5 Å². The molecule has 0 radical (unpaired) electrons. The lowest BCUT2D eigenvalue weighted by atomic mass is 10.0. The molecule has 15 heteroatoms. The number of aromatic nitrogens is 3. The van der Waals surface area contributed by atoms with Crippen LogP contribution in [0.2, 0.25) is 0 Å². The maximum absolute atomic E-state index is 11.4. The van der Waals surface area contributed by atoms with Crippen molar-refractivity contribution < 1.29 is 31.0 Å². The fraction of sp³-hybridized carbons (Fsp3) is 0.387. The van der Waals surface area contributed by atoms with Crippen LogP contribution >= 0.6 is 0 Å². The molecular formula is C31H48N6O7S2. The Kier molecular flexibility index (Phi) is 22.3. The van der Waals surface area contributed by atoms with Gasteiger partial charge in [-0.3, -0.25) is 9.11 Å².